The number of ether oxygens (including phenoxy) is 1. The Hall–Kier alpha value is -1.30. The molecule has 0 atom stereocenters. The van der Waals surface area contributed by atoms with Crippen LogP contribution in [0.15, 0.2) is 0 Å². The molecule has 0 aliphatic rings. The molecule has 0 rings (SSSR count). The number of carboxylic acids is 1. The minimum absolute atomic E-state index is 0.367. The summed E-state index contributed by atoms with van der Waals surface area (Å²) in [5.74, 6) is -1.03. The fraction of sp³-hybridized carbons (Fsp3) is 0.833. The molecule has 106 valence electrons. The fourth-order valence-electron chi connectivity index (χ4n) is 1.26. The van der Waals surface area contributed by atoms with Crippen LogP contribution < -0.4 is 5.32 Å². The number of methoxy groups -OCH3 is 1. The highest BCUT2D eigenvalue weighted by molar-refractivity contribution is 5.85. The van der Waals surface area contributed by atoms with Gasteiger partial charge < -0.3 is 20.1 Å². The Morgan fingerprint density at radius 3 is 2.39 bits per heavy atom. The summed E-state index contributed by atoms with van der Waals surface area (Å²) < 4.78 is 4.92. The molecule has 2 amide bonds. The minimum Gasteiger partial charge on any atom is -0.480 e. The van der Waals surface area contributed by atoms with Gasteiger partial charge in [0.2, 0.25) is 0 Å². The smallest absolute Gasteiger partial charge is 0.329 e. The second-order valence-electron chi connectivity index (χ2n) is 4.71. The maximum absolute atomic E-state index is 11.7. The zero-order valence-corrected chi connectivity index (χ0v) is 11.7. The topological polar surface area (TPSA) is 78.9 Å². The summed E-state index contributed by atoms with van der Waals surface area (Å²) >= 11 is 0. The SMILES string of the molecule is COCCCCCNC(=O)N(C)C(C)(C)C(=O)O. The maximum atomic E-state index is 11.7. The van der Waals surface area contributed by atoms with Crippen LogP contribution in [0.5, 0.6) is 0 Å². The number of unbranched alkanes of at least 4 members (excludes halogenated alkanes) is 2. The Morgan fingerprint density at radius 2 is 1.89 bits per heavy atom. The molecule has 18 heavy (non-hydrogen) atoms. The van der Waals surface area contributed by atoms with E-state index in [1.165, 1.54) is 25.8 Å². The van der Waals surface area contributed by atoms with Crippen LogP contribution in [0.1, 0.15) is 33.1 Å². The number of hydrogen-bond acceptors (Lipinski definition) is 3. The predicted molar refractivity (Wildman–Crippen MR) is 68.6 cm³/mol. The summed E-state index contributed by atoms with van der Waals surface area (Å²) in [6, 6.07) is -0.367. The summed E-state index contributed by atoms with van der Waals surface area (Å²) in [4.78, 5) is 23.9. The Morgan fingerprint density at radius 1 is 1.28 bits per heavy atom. The van der Waals surface area contributed by atoms with E-state index in [9.17, 15) is 9.59 Å². The average molecular weight is 260 g/mol. The van der Waals surface area contributed by atoms with Crippen LogP contribution in [-0.4, -0.2) is 54.9 Å². The first kappa shape index (κ1) is 16.7. The number of likely N-dealkylation sites (N-methyl/N-ethyl adjacent to an activating group) is 1. The molecule has 0 aromatic heterocycles. The monoisotopic (exact) mass is 260 g/mol. The van der Waals surface area contributed by atoms with Gasteiger partial charge in [0.25, 0.3) is 0 Å². The molecule has 0 unspecified atom stereocenters. The third-order valence-electron chi connectivity index (χ3n) is 2.97. The second-order valence-corrected chi connectivity index (χ2v) is 4.71. The molecule has 6 heteroatoms. The van der Waals surface area contributed by atoms with E-state index in [-0.39, 0.29) is 6.03 Å². The van der Waals surface area contributed by atoms with Crippen molar-refractivity contribution in [3.63, 3.8) is 0 Å². The highest BCUT2D eigenvalue weighted by Crippen LogP contribution is 2.12. The number of nitrogens with zero attached hydrogens (tertiary/aromatic N) is 1. The Bertz CT molecular complexity index is 279. The number of nitrogens with one attached hydrogen (secondary N) is 1. The quantitative estimate of drug-likeness (QED) is 0.645. The van der Waals surface area contributed by atoms with Crippen molar-refractivity contribution < 1.29 is 19.4 Å². The molecule has 0 bridgehead atoms. The molecule has 0 aromatic rings. The van der Waals surface area contributed by atoms with Crippen molar-refractivity contribution >= 4 is 12.0 Å². The van der Waals surface area contributed by atoms with E-state index in [1.807, 2.05) is 0 Å². The van der Waals surface area contributed by atoms with E-state index in [0.717, 1.165) is 25.9 Å². The van der Waals surface area contributed by atoms with Gasteiger partial charge in [-0.25, -0.2) is 9.59 Å². The minimum atomic E-state index is -1.21. The van der Waals surface area contributed by atoms with Crippen molar-refractivity contribution in [2.75, 3.05) is 27.3 Å². The van der Waals surface area contributed by atoms with Crippen molar-refractivity contribution in [3.05, 3.63) is 0 Å². The molecule has 0 saturated heterocycles. The summed E-state index contributed by atoms with van der Waals surface area (Å²) in [5, 5.41) is 11.7. The van der Waals surface area contributed by atoms with Gasteiger partial charge in [-0.05, 0) is 33.1 Å². The van der Waals surface area contributed by atoms with Crippen molar-refractivity contribution in [2.45, 2.75) is 38.6 Å². The van der Waals surface area contributed by atoms with Gasteiger partial charge in [0.05, 0.1) is 0 Å². The zero-order valence-electron chi connectivity index (χ0n) is 11.7. The molecule has 0 radical (unpaired) electrons. The molecule has 0 saturated carbocycles. The van der Waals surface area contributed by atoms with Crippen molar-refractivity contribution in [1.29, 1.82) is 0 Å². The van der Waals surface area contributed by atoms with Crippen LogP contribution in [0.2, 0.25) is 0 Å². The lowest BCUT2D eigenvalue weighted by molar-refractivity contribution is -0.146. The number of carbonyl (C=O) groups excluding carboxylic acids is 1. The molecule has 0 heterocycles. The first-order valence-corrected chi connectivity index (χ1v) is 6.08. The summed E-state index contributed by atoms with van der Waals surface area (Å²) in [5.41, 5.74) is -1.21. The number of hydrogen-bond donors (Lipinski definition) is 2. The molecule has 0 spiro atoms. The van der Waals surface area contributed by atoms with Crippen LogP contribution >= 0.6 is 0 Å². The van der Waals surface area contributed by atoms with Gasteiger partial charge in [0.15, 0.2) is 0 Å². The largest absolute Gasteiger partial charge is 0.480 e. The van der Waals surface area contributed by atoms with Crippen LogP contribution in [0.3, 0.4) is 0 Å². The van der Waals surface area contributed by atoms with E-state index in [2.05, 4.69) is 5.32 Å². The Balaban J connectivity index is 3.92. The molecular weight excluding hydrogens is 236 g/mol. The lowest BCUT2D eigenvalue weighted by Gasteiger charge is -2.31. The van der Waals surface area contributed by atoms with Crippen LogP contribution in [0.25, 0.3) is 0 Å². The second kappa shape index (κ2) is 7.92. The van der Waals surface area contributed by atoms with E-state index < -0.39 is 11.5 Å². The normalized spacial score (nSPS) is 11.1. The molecular formula is C12H24N2O4. The van der Waals surface area contributed by atoms with Crippen LogP contribution in [0.4, 0.5) is 4.79 Å². The van der Waals surface area contributed by atoms with E-state index in [1.54, 1.807) is 7.11 Å². The number of aliphatic carboxylic acids is 1. The first-order chi connectivity index (χ1) is 8.34. The lowest BCUT2D eigenvalue weighted by Crippen LogP contribution is -2.54. The van der Waals surface area contributed by atoms with Gasteiger partial charge in [-0.2, -0.15) is 0 Å². The van der Waals surface area contributed by atoms with Gasteiger partial charge in [0, 0.05) is 27.3 Å². The van der Waals surface area contributed by atoms with Crippen LogP contribution in [-0.2, 0) is 9.53 Å². The van der Waals surface area contributed by atoms with Crippen LogP contribution in [0, 0.1) is 0 Å². The predicted octanol–water partition coefficient (Wildman–Crippen LogP) is 1.31. The van der Waals surface area contributed by atoms with Gasteiger partial charge in [0.1, 0.15) is 5.54 Å². The van der Waals surface area contributed by atoms with Gasteiger partial charge in [-0.1, -0.05) is 0 Å². The summed E-state index contributed by atoms with van der Waals surface area (Å²) in [6.45, 7) is 4.25. The van der Waals surface area contributed by atoms with Crippen molar-refractivity contribution in [1.82, 2.24) is 10.2 Å². The average Bonchev–Trinajstić information content (AvgIpc) is 2.32. The summed E-state index contributed by atoms with van der Waals surface area (Å²) in [6.07, 6.45) is 2.79. The van der Waals surface area contributed by atoms with Crippen molar-refractivity contribution in [3.8, 4) is 0 Å². The highest BCUT2D eigenvalue weighted by Gasteiger charge is 2.34. The van der Waals surface area contributed by atoms with E-state index in [0.29, 0.717) is 6.54 Å². The third-order valence-corrected chi connectivity index (χ3v) is 2.97. The molecule has 0 aliphatic heterocycles. The highest BCUT2D eigenvalue weighted by atomic mass is 16.5. The number of urea groups is 1. The molecule has 0 fully saturated rings. The van der Waals surface area contributed by atoms with Gasteiger partial charge in [-0.3, -0.25) is 0 Å². The van der Waals surface area contributed by atoms with Crippen molar-refractivity contribution in [2.24, 2.45) is 0 Å². The lowest BCUT2D eigenvalue weighted by atomic mass is 10.1. The molecule has 6 nitrogen and oxygen atoms in total. The third kappa shape index (κ3) is 5.35. The van der Waals surface area contributed by atoms with E-state index >= 15 is 0 Å². The molecule has 2 N–H and O–H groups in total. The number of rotatable bonds is 8. The molecule has 0 aliphatic carbocycles. The number of carboxylic acid groups (broad SMARTS) is 1. The fourth-order valence-corrected chi connectivity index (χ4v) is 1.26. The van der Waals surface area contributed by atoms with E-state index in [4.69, 9.17) is 9.84 Å². The Labute approximate surface area is 108 Å². The zero-order chi connectivity index (χ0) is 14.2. The standard InChI is InChI=1S/C12H24N2O4/c1-12(2,10(15)16)14(3)11(17)13-8-6-5-7-9-18-4/h5-9H2,1-4H3,(H,13,17)(H,15,16). The Kier molecular flexibility index (Phi) is 7.35. The number of amides is 2. The maximum Gasteiger partial charge on any atom is 0.329 e. The first-order valence-electron chi connectivity index (χ1n) is 6.08. The van der Waals surface area contributed by atoms with Gasteiger partial charge >= 0.3 is 12.0 Å². The summed E-state index contributed by atoms with van der Waals surface area (Å²) in [7, 11) is 3.14. The van der Waals surface area contributed by atoms with Gasteiger partial charge in [-0.15, -0.1) is 0 Å². The molecule has 0 aromatic carbocycles. The number of carbonyl (C=O) groups is 2.